The minimum atomic E-state index is -0.426. The molecule has 3 rings (SSSR count). The molecule has 1 N–H and O–H groups in total. The van der Waals surface area contributed by atoms with E-state index in [1.165, 1.54) is 0 Å². The van der Waals surface area contributed by atoms with Crippen LogP contribution >= 0.6 is 0 Å². The van der Waals surface area contributed by atoms with E-state index in [1.54, 1.807) is 7.11 Å². The topological polar surface area (TPSA) is 90.6 Å². The van der Waals surface area contributed by atoms with Gasteiger partial charge in [-0.1, -0.05) is 6.42 Å². The van der Waals surface area contributed by atoms with Gasteiger partial charge in [-0.25, -0.2) is 4.98 Å². The first-order chi connectivity index (χ1) is 14.2. The highest BCUT2D eigenvalue weighted by Crippen LogP contribution is 2.28. The van der Waals surface area contributed by atoms with Crippen LogP contribution in [0.5, 0.6) is 5.75 Å². The zero-order valence-electron chi connectivity index (χ0n) is 18.7. The molecule has 3 aromatic rings. The number of benzene rings is 1. The molecular formula is C22H31N5O3. The number of hydrogen-bond donors (Lipinski definition) is 1. The molecule has 0 aliphatic heterocycles. The molecule has 1 aromatic carbocycles. The fraction of sp³-hybridized carbons (Fsp3) is 0.545. The lowest BCUT2D eigenvalue weighted by Gasteiger charge is -2.19. The van der Waals surface area contributed by atoms with Crippen molar-refractivity contribution in [2.45, 2.75) is 65.9 Å². The van der Waals surface area contributed by atoms with E-state index in [4.69, 9.17) is 14.5 Å². The van der Waals surface area contributed by atoms with Gasteiger partial charge in [0.2, 0.25) is 5.65 Å². The molecular weight excluding hydrogens is 382 g/mol. The maximum absolute atomic E-state index is 11.8. The second kappa shape index (κ2) is 8.85. The highest BCUT2D eigenvalue weighted by Gasteiger charge is 2.16. The predicted molar refractivity (Wildman–Crippen MR) is 117 cm³/mol. The molecule has 0 atom stereocenters. The SMILES string of the molecule is COc1cc2c(cc1C)nc(NCCCCCC(=O)OC(C)(C)C)c1nnc(C)n12. The second-order valence-electron chi connectivity index (χ2n) is 8.50. The number of carbonyl (C=O) groups excluding carboxylic acids is 1. The third kappa shape index (κ3) is 4.98. The molecule has 0 fully saturated rings. The third-order valence-corrected chi connectivity index (χ3v) is 4.77. The Morgan fingerprint density at radius 3 is 2.60 bits per heavy atom. The van der Waals surface area contributed by atoms with Gasteiger partial charge in [0.15, 0.2) is 5.82 Å². The van der Waals surface area contributed by atoms with Crippen LogP contribution in [0.2, 0.25) is 0 Å². The van der Waals surface area contributed by atoms with Gasteiger partial charge in [-0.2, -0.15) is 0 Å². The van der Waals surface area contributed by atoms with Gasteiger partial charge in [-0.15, -0.1) is 10.2 Å². The number of methoxy groups -OCH3 is 1. The molecule has 0 spiro atoms. The van der Waals surface area contributed by atoms with Crippen LogP contribution in [0, 0.1) is 13.8 Å². The maximum Gasteiger partial charge on any atom is 0.306 e. The number of hydrogen-bond acceptors (Lipinski definition) is 7. The van der Waals surface area contributed by atoms with Crippen LogP contribution in [0.25, 0.3) is 16.7 Å². The van der Waals surface area contributed by atoms with Crippen LogP contribution in [0.4, 0.5) is 5.82 Å². The lowest BCUT2D eigenvalue weighted by Crippen LogP contribution is -2.23. The predicted octanol–water partition coefficient (Wildman–Crippen LogP) is 4.22. The summed E-state index contributed by atoms with van der Waals surface area (Å²) in [7, 11) is 1.66. The number of carbonyl (C=O) groups is 1. The van der Waals surface area contributed by atoms with Crippen molar-refractivity contribution in [2.24, 2.45) is 0 Å². The van der Waals surface area contributed by atoms with E-state index in [9.17, 15) is 4.79 Å². The zero-order valence-corrected chi connectivity index (χ0v) is 18.7. The molecule has 30 heavy (non-hydrogen) atoms. The number of nitrogens with zero attached hydrogens (tertiary/aromatic N) is 4. The number of anilines is 1. The third-order valence-electron chi connectivity index (χ3n) is 4.77. The van der Waals surface area contributed by atoms with E-state index < -0.39 is 5.60 Å². The number of fused-ring (bicyclic) bond motifs is 3. The van der Waals surface area contributed by atoms with Crippen LogP contribution in [0.1, 0.15) is 57.8 Å². The summed E-state index contributed by atoms with van der Waals surface area (Å²) in [4.78, 5) is 16.6. The summed E-state index contributed by atoms with van der Waals surface area (Å²) in [6.45, 7) is 10.3. The van der Waals surface area contributed by atoms with E-state index in [0.29, 0.717) is 17.9 Å². The standard InChI is InChI=1S/C22H31N5O3/c1-14-12-16-17(13-18(14)29-6)27-15(2)25-26-21(27)20(24-16)23-11-9-7-8-10-19(28)30-22(3,4)5/h12-13H,7-11H2,1-6H3,(H,23,24). The average Bonchev–Trinajstić information content (AvgIpc) is 3.04. The largest absolute Gasteiger partial charge is 0.496 e. The monoisotopic (exact) mass is 413 g/mol. The normalized spacial score (nSPS) is 11.8. The van der Waals surface area contributed by atoms with Crippen molar-refractivity contribution in [3.05, 3.63) is 23.5 Å². The molecule has 0 saturated heterocycles. The number of unbranched alkanes of at least 4 members (excludes halogenated alkanes) is 2. The number of rotatable bonds is 8. The molecule has 0 bridgehead atoms. The fourth-order valence-corrected chi connectivity index (χ4v) is 3.41. The molecule has 0 amide bonds. The van der Waals surface area contributed by atoms with Gasteiger partial charge in [0.1, 0.15) is 17.2 Å². The first-order valence-electron chi connectivity index (χ1n) is 10.4. The van der Waals surface area contributed by atoms with Gasteiger partial charge in [0.05, 0.1) is 18.1 Å². The Balaban J connectivity index is 1.66. The maximum atomic E-state index is 11.8. The summed E-state index contributed by atoms with van der Waals surface area (Å²) in [5.74, 6) is 2.17. The molecule has 2 heterocycles. The van der Waals surface area contributed by atoms with Gasteiger partial charge in [-0.3, -0.25) is 9.20 Å². The fourth-order valence-electron chi connectivity index (χ4n) is 3.41. The molecule has 8 nitrogen and oxygen atoms in total. The molecule has 0 radical (unpaired) electrons. The minimum absolute atomic E-state index is 0.141. The Morgan fingerprint density at radius 1 is 1.13 bits per heavy atom. The van der Waals surface area contributed by atoms with Gasteiger partial charge < -0.3 is 14.8 Å². The molecule has 0 aliphatic rings. The van der Waals surface area contributed by atoms with Gasteiger partial charge >= 0.3 is 5.97 Å². The van der Waals surface area contributed by atoms with Crippen molar-refractivity contribution in [2.75, 3.05) is 19.0 Å². The Hall–Kier alpha value is -2.90. The lowest BCUT2D eigenvalue weighted by molar-refractivity contribution is -0.154. The second-order valence-corrected chi connectivity index (χ2v) is 8.50. The highest BCUT2D eigenvalue weighted by molar-refractivity contribution is 5.85. The molecule has 0 aliphatic carbocycles. The molecule has 2 aromatic heterocycles. The summed E-state index contributed by atoms with van der Waals surface area (Å²) in [6, 6.07) is 3.99. The van der Waals surface area contributed by atoms with Gasteiger partial charge in [0.25, 0.3) is 0 Å². The van der Waals surface area contributed by atoms with Gasteiger partial charge in [0, 0.05) is 19.0 Å². The Morgan fingerprint density at radius 2 is 1.90 bits per heavy atom. The average molecular weight is 414 g/mol. The Kier molecular flexibility index (Phi) is 6.43. The zero-order chi connectivity index (χ0) is 21.9. The molecule has 8 heteroatoms. The van der Waals surface area contributed by atoms with Crippen LogP contribution in [-0.4, -0.2) is 44.8 Å². The van der Waals surface area contributed by atoms with E-state index in [-0.39, 0.29) is 5.97 Å². The lowest BCUT2D eigenvalue weighted by atomic mass is 10.1. The first-order valence-corrected chi connectivity index (χ1v) is 10.4. The summed E-state index contributed by atoms with van der Waals surface area (Å²) in [6.07, 6.45) is 3.10. The van der Waals surface area contributed by atoms with Crippen molar-refractivity contribution < 1.29 is 14.3 Å². The minimum Gasteiger partial charge on any atom is -0.496 e. The Bertz CT molecular complexity index is 1050. The Labute approximate surface area is 177 Å². The number of ether oxygens (including phenoxy) is 2. The number of aryl methyl sites for hydroxylation is 2. The van der Waals surface area contributed by atoms with Crippen LogP contribution in [-0.2, 0) is 9.53 Å². The first kappa shape index (κ1) is 21.8. The van der Waals surface area contributed by atoms with Crippen molar-refractivity contribution >= 4 is 28.5 Å². The summed E-state index contributed by atoms with van der Waals surface area (Å²) >= 11 is 0. The molecule has 162 valence electrons. The quantitative estimate of drug-likeness (QED) is 0.437. The van der Waals surface area contributed by atoms with Crippen molar-refractivity contribution in [3.8, 4) is 5.75 Å². The van der Waals surface area contributed by atoms with Crippen molar-refractivity contribution in [1.29, 1.82) is 0 Å². The number of aromatic nitrogens is 4. The van der Waals surface area contributed by atoms with Crippen molar-refractivity contribution in [3.63, 3.8) is 0 Å². The number of nitrogens with one attached hydrogen (secondary N) is 1. The summed E-state index contributed by atoms with van der Waals surface area (Å²) in [5, 5.41) is 11.9. The van der Waals surface area contributed by atoms with Crippen LogP contribution in [0.3, 0.4) is 0 Å². The van der Waals surface area contributed by atoms with Gasteiger partial charge in [-0.05, 0) is 59.1 Å². The smallest absolute Gasteiger partial charge is 0.306 e. The number of esters is 1. The summed E-state index contributed by atoms with van der Waals surface area (Å²) in [5.41, 5.74) is 3.06. The van der Waals surface area contributed by atoms with Crippen LogP contribution in [0.15, 0.2) is 12.1 Å². The van der Waals surface area contributed by atoms with E-state index in [1.807, 2.05) is 51.2 Å². The summed E-state index contributed by atoms with van der Waals surface area (Å²) < 4.78 is 12.8. The van der Waals surface area contributed by atoms with Crippen molar-refractivity contribution in [1.82, 2.24) is 19.6 Å². The van der Waals surface area contributed by atoms with E-state index in [2.05, 4.69) is 15.5 Å². The highest BCUT2D eigenvalue weighted by atomic mass is 16.6. The molecule has 0 saturated carbocycles. The van der Waals surface area contributed by atoms with Crippen LogP contribution < -0.4 is 10.1 Å². The molecule has 0 unspecified atom stereocenters. The van der Waals surface area contributed by atoms with E-state index in [0.717, 1.165) is 54.0 Å². The van der Waals surface area contributed by atoms with E-state index >= 15 is 0 Å².